The fraction of sp³-hybridized carbons (Fsp3) is 0.357. The second-order valence-corrected chi connectivity index (χ2v) is 4.28. The summed E-state index contributed by atoms with van der Waals surface area (Å²) in [5, 5.41) is 3.26. The Morgan fingerprint density at radius 3 is 2.78 bits per heavy atom. The number of benzene rings is 1. The van der Waals surface area contributed by atoms with Gasteiger partial charge in [0.15, 0.2) is 0 Å². The van der Waals surface area contributed by atoms with Crippen molar-refractivity contribution in [3.63, 3.8) is 0 Å². The predicted octanol–water partition coefficient (Wildman–Crippen LogP) is 2.93. The Balaban J connectivity index is 2.56. The molecule has 0 fully saturated rings. The zero-order valence-electron chi connectivity index (χ0n) is 11.3. The third-order valence-corrected chi connectivity index (χ3v) is 2.76. The van der Waals surface area contributed by atoms with Gasteiger partial charge in [-0.15, -0.1) is 0 Å². The molecule has 96 valence electrons. The second-order valence-electron chi connectivity index (χ2n) is 4.28. The van der Waals surface area contributed by atoms with Crippen LogP contribution in [-0.2, 0) is 0 Å². The summed E-state index contributed by atoms with van der Waals surface area (Å²) < 4.78 is 7.45. The molecule has 2 aromatic rings. The van der Waals surface area contributed by atoms with Crippen molar-refractivity contribution in [3.8, 4) is 11.4 Å². The Morgan fingerprint density at radius 1 is 1.33 bits per heavy atom. The van der Waals surface area contributed by atoms with Gasteiger partial charge in [0.25, 0.3) is 0 Å². The summed E-state index contributed by atoms with van der Waals surface area (Å²) in [6, 6.07) is 6.12. The lowest BCUT2D eigenvalue weighted by atomic mass is 10.2. The number of nitrogens with one attached hydrogen (secondary N) is 1. The predicted molar refractivity (Wildman–Crippen MR) is 73.8 cm³/mol. The van der Waals surface area contributed by atoms with E-state index >= 15 is 0 Å². The van der Waals surface area contributed by atoms with Crippen LogP contribution in [0.15, 0.2) is 24.4 Å². The molecule has 1 aromatic carbocycles. The van der Waals surface area contributed by atoms with Crippen molar-refractivity contribution in [3.05, 3.63) is 35.7 Å². The highest BCUT2D eigenvalue weighted by Gasteiger charge is 2.11. The van der Waals surface area contributed by atoms with Crippen LogP contribution in [0.25, 0.3) is 5.69 Å². The number of hydrogen-bond acceptors (Lipinski definition) is 3. The zero-order valence-corrected chi connectivity index (χ0v) is 11.3. The first-order valence-corrected chi connectivity index (χ1v) is 6.10. The van der Waals surface area contributed by atoms with Crippen LogP contribution in [0.1, 0.15) is 18.2 Å². The van der Waals surface area contributed by atoms with Gasteiger partial charge in [-0.2, -0.15) is 0 Å². The monoisotopic (exact) mass is 245 g/mol. The summed E-state index contributed by atoms with van der Waals surface area (Å²) in [6.07, 6.45) is 2.01. The van der Waals surface area contributed by atoms with Crippen molar-refractivity contribution in [1.82, 2.24) is 9.55 Å². The molecule has 0 saturated heterocycles. The van der Waals surface area contributed by atoms with Crippen molar-refractivity contribution < 1.29 is 4.74 Å². The molecule has 2 rings (SSSR count). The molecule has 0 aliphatic rings. The van der Waals surface area contributed by atoms with E-state index in [1.165, 1.54) is 5.56 Å². The Morgan fingerprint density at radius 2 is 2.11 bits per heavy atom. The van der Waals surface area contributed by atoms with E-state index in [2.05, 4.69) is 30.2 Å². The molecule has 0 spiro atoms. The maximum atomic E-state index is 5.42. The number of nitrogens with zero attached hydrogens (tertiary/aromatic N) is 2. The van der Waals surface area contributed by atoms with Gasteiger partial charge in [-0.3, -0.25) is 4.57 Å². The molecule has 0 unspecified atom stereocenters. The van der Waals surface area contributed by atoms with Gasteiger partial charge < -0.3 is 10.1 Å². The van der Waals surface area contributed by atoms with Crippen LogP contribution >= 0.6 is 0 Å². The second kappa shape index (κ2) is 5.12. The van der Waals surface area contributed by atoms with Crippen LogP contribution in [0.5, 0.6) is 5.75 Å². The van der Waals surface area contributed by atoms with Gasteiger partial charge in [0, 0.05) is 12.7 Å². The maximum Gasteiger partial charge on any atom is 0.207 e. The summed E-state index contributed by atoms with van der Waals surface area (Å²) in [7, 11) is 1.69. The Hall–Kier alpha value is -1.97. The Kier molecular flexibility index (Phi) is 3.55. The van der Waals surface area contributed by atoms with E-state index in [9.17, 15) is 0 Å². The summed E-state index contributed by atoms with van der Waals surface area (Å²) in [6.45, 7) is 6.95. The minimum atomic E-state index is 0.838. The zero-order chi connectivity index (χ0) is 13.1. The Bertz CT molecular complexity index is 546. The number of ether oxygens (including phenoxy) is 1. The lowest BCUT2D eigenvalue weighted by Gasteiger charge is -2.13. The molecule has 4 nitrogen and oxygen atoms in total. The Labute approximate surface area is 108 Å². The lowest BCUT2D eigenvalue weighted by molar-refractivity contribution is 0.413. The summed E-state index contributed by atoms with van der Waals surface area (Å²) in [5.74, 6) is 1.69. The molecule has 0 amide bonds. The van der Waals surface area contributed by atoms with Gasteiger partial charge >= 0.3 is 0 Å². The fourth-order valence-corrected chi connectivity index (χ4v) is 1.95. The van der Waals surface area contributed by atoms with Crippen LogP contribution in [0.2, 0.25) is 0 Å². The van der Waals surface area contributed by atoms with Crippen LogP contribution in [0.3, 0.4) is 0 Å². The van der Waals surface area contributed by atoms with E-state index in [0.717, 1.165) is 29.6 Å². The first-order chi connectivity index (χ1) is 8.65. The number of aromatic nitrogens is 2. The normalized spacial score (nSPS) is 10.4. The fourth-order valence-electron chi connectivity index (χ4n) is 1.95. The smallest absolute Gasteiger partial charge is 0.207 e. The third-order valence-electron chi connectivity index (χ3n) is 2.76. The van der Waals surface area contributed by atoms with E-state index in [-0.39, 0.29) is 0 Å². The number of rotatable bonds is 4. The highest BCUT2D eigenvalue weighted by Crippen LogP contribution is 2.27. The van der Waals surface area contributed by atoms with Gasteiger partial charge in [-0.25, -0.2) is 4.98 Å². The molecule has 1 N–H and O–H groups in total. The number of methoxy groups -OCH3 is 1. The molecule has 0 aliphatic carbocycles. The minimum absolute atomic E-state index is 0.838. The molecule has 4 heteroatoms. The highest BCUT2D eigenvalue weighted by atomic mass is 16.5. The highest BCUT2D eigenvalue weighted by molar-refractivity contribution is 5.53. The van der Waals surface area contributed by atoms with Crippen LogP contribution in [0.4, 0.5) is 5.95 Å². The topological polar surface area (TPSA) is 39.1 Å². The number of hydrogen-bond donors (Lipinski definition) is 1. The standard InChI is InChI=1S/C14H19N3O/c1-5-15-14-16-11(3)9-17(14)12-8-10(2)6-7-13(12)18-4/h6-9H,5H2,1-4H3,(H,15,16). The van der Waals surface area contributed by atoms with Crippen molar-refractivity contribution in [2.75, 3.05) is 19.0 Å². The summed E-state index contributed by atoms with van der Waals surface area (Å²) >= 11 is 0. The molecule has 0 atom stereocenters. The van der Waals surface area contributed by atoms with Gasteiger partial charge in [-0.1, -0.05) is 6.07 Å². The average molecular weight is 245 g/mol. The molecular weight excluding hydrogens is 226 g/mol. The van der Waals surface area contributed by atoms with Crippen molar-refractivity contribution in [2.24, 2.45) is 0 Å². The third kappa shape index (κ3) is 2.32. The van der Waals surface area contributed by atoms with E-state index in [0.29, 0.717) is 0 Å². The first kappa shape index (κ1) is 12.5. The van der Waals surface area contributed by atoms with E-state index in [1.807, 2.05) is 29.8 Å². The maximum absolute atomic E-state index is 5.42. The molecule has 1 aromatic heterocycles. The molecule has 0 bridgehead atoms. The summed E-state index contributed by atoms with van der Waals surface area (Å²) in [4.78, 5) is 4.48. The number of imidazole rings is 1. The number of aryl methyl sites for hydroxylation is 2. The summed E-state index contributed by atoms with van der Waals surface area (Å²) in [5.41, 5.74) is 3.18. The first-order valence-electron chi connectivity index (χ1n) is 6.10. The van der Waals surface area contributed by atoms with Gasteiger partial charge in [0.2, 0.25) is 5.95 Å². The number of anilines is 1. The van der Waals surface area contributed by atoms with Crippen LogP contribution in [-0.4, -0.2) is 23.2 Å². The molecule has 0 aliphatic heterocycles. The quantitative estimate of drug-likeness (QED) is 0.900. The minimum Gasteiger partial charge on any atom is -0.495 e. The van der Waals surface area contributed by atoms with Crippen LogP contribution in [0, 0.1) is 13.8 Å². The van der Waals surface area contributed by atoms with E-state index < -0.39 is 0 Å². The van der Waals surface area contributed by atoms with E-state index in [4.69, 9.17) is 4.74 Å². The molecule has 0 saturated carbocycles. The largest absolute Gasteiger partial charge is 0.495 e. The lowest BCUT2D eigenvalue weighted by Crippen LogP contribution is -2.06. The molecular formula is C14H19N3O. The van der Waals surface area contributed by atoms with Gasteiger partial charge in [0.05, 0.1) is 18.5 Å². The SMILES string of the molecule is CCNc1nc(C)cn1-c1cc(C)ccc1OC. The van der Waals surface area contributed by atoms with Gasteiger partial charge in [-0.05, 0) is 38.5 Å². The van der Waals surface area contributed by atoms with Crippen LogP contribution < -0.4 is 10.1 Å². The molecule has 0 radical (unpaired) electrons. The average Bonchev–Trinajstić information content (AvgIpc) is 2.71. The van der Waals surface area contributed by atoms with Crippen molar-refractivity contribution >= 4 is 5.95 Å². The van der Waals surface area contributed by atoms with E-state index in [1.54, 1.807) is 7.11 Å². The molecule has 18 heavy (non-hydrogen) atoms. The molecule has 1 heterocycles. The van der Waals surface area contributed by atoms with Crippen molar-refractivity contribution in [2.45, 2.75) is 20.8 Å². The van der Waals surface area contributed by atoms with Gasteiger partial charge in [0.1, 0.15) is 5.75 Å². The van der Waals surface area contributed by atoms with Crippen molar-refractivity contribution in [1.29, 1.82) is 0 Å².